The molecular formula is C19H25N3S. The predicted molar refractivity (Wildman–Crippen MR) is 103 cm³/mol. The molecule has 0 saturated heterocycles. The van der Waals surface area contributed by atoms with Crippen molar-refractivity contribution in [2.45, 2.75) is 19.9 Å². The highest BCUT2D eigenvalue weighted by Crippen LogP contribution is 2.12. The largest absolute Gasteiger partial charge is 0.362 e. The van der Waals surface area contributed by atoms with Crippen molar-refractivity contribution in [1.82, 2.24) is 10.2 Å². The van der Waals surface area contributed by atoms with Crippen molar-refractivity contribution in [2.24, 2.45) is 0 Å². The number of nitrogens with zero attached hydrogens (tertiary/aromatic N) is 1. The summed E-state index contributed by atoms with van der Waals surface area (Å²) in [5.41, 5.74) is 3.60. The fraction of sp³-hybridized carbons (Fsp3) is 0.316. The molecule has 0 atom stereocenters. The van der Waals surface area contributed by atoms with Crippen LogP contribution in [0.15, 0.2) is 54.6 Å². The van der Waals surface area contributed by atoms with Gasteiger partial charge in [0.25, 0.3) is 0 Å². The van der Waals surface area contributed by atoms with Crippen LogP contribution in [0.5, 0.6) is 0 Å². The van der Waals surface area contributed by atoms with E-state index in [1.54, 1.807) is 0 Å². The second kappa shape index (κ2) is 9.28. The maximum Gasteiger partial charge on any atom is 0.170 e. The molecule has 0 heterocycles. The fourth-order valence-corrected chi connectivity index (χ4v) is 2.62. The Morgan fingerprint density at radius 3 is 2.48 bits per heavy atom. The third-order valence-electron chi connectivity index (χ3n) is 3.69. The van der Waals surface area contributed by atoms with E-state index in [0.29, 0.717) is 5.11 Å². The number of benzene rings is 2. The van der Waals surface area contributed by atoms with E-state index in [2.05, 4.69) is 65.9 Å². The minimum Gasteiger partial charge on any atom is -0.362 e. The van der Waals surface area contributed by atoms with Crippen molar-refractivity contribution in [3.8, 4) is 0 Å². The Labute approximate surface area is 144 Å². The molecule has 0 aliphatic heterocycles. The molecule has 0 amide bonds. The maximum atomic E-state index is 5.34. The minimum atomic E-state index is 0.685. The Morgan fingerprint density at radius 2 is 1.74 bits per heavy atom. The summed E-state index contributed by atoms with van der Waals surface area (Å²) in [5, 5.41) is 7.20. The van der Waals surface area contributed by atoms with Gasteiger partial charge in [-0.05, 0) is 56.3 Å². The van der Waals surface area contributed by atoms with Gasteiger partial charge in [0.2, 0.25) is 0 Å². The van der Waals surface area contributed by atoms with E-state index < -0.39 is 0 Å². The third kappa shape index (κ3) is 6.38. The molecule has 0 aliphatic rings. The van der Waals surface area contributed by atoms with Crippen LogP contribution in [0, 0.1) is 6.92 Å². The summed E-state index contributed by atoms with van der Waals surface area (Å²) in [5.74, 6) is 0. The number of hydrogen-bond donors (Lipinski definition) is 2. The normalized spacial score (nSPS) is 10.6. The second-order valence-electron chi connectivity index (χ2n) is 5.77. The van der Waals surface area contributed by atoms with Gasteiger partial charge in [-0.25, -0.2) is 0 Å². The number of thiocarbonyl (C=S) groups is 1. The first-order chi connectivity index (χ1) is 11.1. The molecule has 2 rings (SSSR count). The Morgan fingerprint density at radius 1 is 1.04 bits per heavy atom. The first-order valence-electron chi connectivity index (χ1n) is 7.98. The van der Waals surface area contributed by atoms with Gasteiger partial charge in [0.15, 0.2) is 5.11 Å². The van der Waals surface area contributed by atoms with E-state index in [9.17, 15) is 0 Å². The Balaban J connectivity index is 1.63. The smallest absolute Gasteiger partial charge is 0.170 e. The average molecular weight is 327 g/mol. The Bertz CT molecular complexity index is 613. The van der Waals surface area contributed by atoms with Crippen LogP contribution in [-0.2, 0) is 6.54 Å². The molecule has 0 spiro atoms. The topological polar surface area (TPSA) is 27.3 Å². The summed E-state index contributed by atoms with van der Waals surface area (Å²) < 4.78 is 0. The number of anilines is 1. The number of para-hydroxylation sites is 1. The molecule has 23 heavy (non-hydrogen) atoms. The van der Waals surface area contributed by atoms with Crippen molar-refractivity contribution in [3.63, 3.8) is 0 Å². The van der Waals surface area contributed by atoms with E-state index in [-0.39, 0.29) is 0 Å². The molecule has 0 aromatic heterocycles. The SMILES string of the molecule is Cc1ccccc1NC(=S)NCCCN(C)Cc1ccccc1. The lowest BCUT2D eigenvalue weighted by molar-refractivity contribution is 0.322. The van der Waals surface area contributed by atoms with Crippen LogP contribution in [0.2, 0.25) is 0 Å². The lowest BCUT2D eigenvalue weighted by atomic mass is 10.2. The van der Waals surface area contributed by atoms with Crippen molar-refractivity contribution in [3.05, 3.63) is 65.7 Å². The van der Waals surface area contributed by atoms with Gasteiger partial charge in [0.05, 0.1) is 0 Å². The van der Waals surface area contributed by atoms with Gasteiger partial charge in [-0.2, -0.15) is 0 Å². The summed E-state index contributed by atoms with van der Waals surface area (Å²) in [6, 6.07) is 18.7. The van der Waals surface area contributed by atoms with Crippen molar-refractivity contribution < 1.29 is 0 Å². The van der Waals surface area contributed by atoms with Gasteiger partial charge in [-0.15, -0.1) is 0 Å². The van der Waals surface area contributed by atoms with Crippen molar-refractivity contribution in [1.29, 1.82) is 0 Å². The molecule has 0 unspecified atom stereocenters. The molecular weight excluding hydrogens is 302 g/mol. The average Bonchev–Trinajstić information content (AvgIpc) is 2.55. The zero-order chi connectivity index (χ0) is 16.5. The lowest BCUT2D eigenvalue weighted by Gasteiger charge is -2.17. The molecule has 3 nitrogen and oxygen atoms in total. The monoisotopic (exact) mass is 327 g/mol. The van der Waals surface area contributed by atoms with Crippen LogP contribution in [0.4, 0.5) is 5.69 Å². The third-order valence-corrected chi connectivity index (χ3v) is 3.94. The number of aryl methyl sites for hydroxylation is 1. The fourth-order valence-electron chi connectivity index (χ4n) is 2.40. The molecule has 2 N–H and O–H groups in total. The summed E-state index contributed by atoms with van der Waals surface area (Å²) in [4.78, 5) is 2.33. The molecule has 2 aromatic rings. The quantitative estimate of drug-likeness (QED) is 0.597. The maximum absolute atomic E-state index is 5.34. The highest BCUT2D eigenvalue weighted by Gasteiger charge is 2.02. The molecule has 122 valence electrons. The highest BCUT2D eigenvalue weighted by molar-refractivity contribution is 7.80. The number of hydrogen-bond acceptors (Lipinski definition) is 2. The van der Waals surface area contributed by atoms with Crippen LogP contribution in [-0.4, -0.2) is 30.1 Å². The van der Waals surface area contributed by atoms with Crippen LogP contribution >= 0.6 is 12.2 Å². The van der Waals surface area contributed by atoms with E-state index in [4.69, 9.17) is 12.2 Å². The van der Waals surface area contributed by atoms with Crippen LogP contribution in [0.3, 0.4) is 0 Å². The zero-order valence-electron chi connectivity index (χ0n) is 13.9. The lowest BCUT2D eigenvalue weighted by Crippen LogP contribution is -2.31. The number of rotatable bonds is 7. The molecule has 0 saturated carbocycles. The van der Waals surface area contributed by atoms with Gasteiger partial charge in [-0.3, -0.25) is 0 Å². The van der Waals surface area contributed by atoms with Crippen LogP contribution < -0.4 is 10.6 Å². The Hall–Kier alpha value is -1.91. The first-order valence-corrected chi connectivity index (χ1v) is 8.39. The molecule has 2 aromatic carbocycles. The number of nitrogens with one attached hydrogen (secondary N) is 2. The van der Waals surface area contributed by atoms with Gasteiger partial charge >= 0.3 is 0 Å². The highest BCUT2D eigenvalue weighted by atomic mass is 32.1. The molecule has 0 aliphatic carbocycles. The van der Waals surface area contributed by atoms with Gasteiger partial charge in [0.1, 0.15) is 0 Å². The zero-order valence-corrected chi connectivity index (χ0v) is 14.7. The van der Waals surface area contributed by atoms with E-state index in [1.165, 1.54) is 11.1 Å². The van der Waals surface area contributed by atoms with Crippen LogP contribution in [0.25, 0.3) is 0 Å². The van der Waals surface area contributed by atoms with Gasteiger partial charge in [-0.1, -0.05) is 48.5 Å². The van der Waals surface area contributed by atoms with Gasteiger partial charge < -0.3 is 15.5 Å². The summed E-state index contributed by atoms with van der Waals surface area (Å²) >= 11 is 5.34. The van der Waals surface area contributed by atoms with Gasteiger partial charge in [0, 0.05) is 18.8 Å². The summed E-state index contributed by atoms with van der Waals surface area (Å²) in [6.45, 7) is 4.96. The molecule has 4 heteroatoms. The first kappa shape index (κ1) is 17.4. The molecule has 0 fully saturated rings. The predicted octanol–water partition coefficient (Wildman–Crippen LogP) is 3.80. The second-order valence-corrected chi connectivity index (χ2v) is 6.18. The van der Waals surface area contributed by atoms with Crippen LogP contribution in [0.1, 0.15) is 17.5 Å². The van der Waals surface area contributed by atoms with E-state index in [0.717, 1.165) is 31.7 Å². The van der Waals surface area contributed by atoms with Crippen molar-refractivity contribution >= 4 is 23.0 Å². The van der Waals surface area contributed by atoms with Crippen molar-refractivity contribution in [2.75, 3.05) is 25.5 Å². The molecule has 0 bridgehead atoms. The standard InChI is InChI=1S/C19H25N3S/c1-16-9-6-7-12-18(16)21-19(23)20-13-8-14-22(2)15-17-10-4-3-5-11-17/h3-7,9-12H,8,13-15H2,1-2H3,(H2,20,21,23). The minimum absolute atomic E-state index is 0.685. The summed E-state index contributed by atoms with van der Waals surface area (Å²) in [6.07, 6.45) is 1.05. The molecule has 0 radical (unpaired) electrons. The van der Waals surface area contributed by atoms with E-state index in [1.807, 2.05) is 18.2 Å². The summed E-state index contributed by atoms with van der Waals surface area (Å²) in [7, 11) is 2.15. The Kier molecular flexibility index (Phi) is 7.04. The van der Waals surface area contributed by atoms with E-state index >= 15 is 0 Å².